The average molecular weight is 500 g/mol. The highest BCUT2D eigenvalue weighted by atomic mass is 35.5. The van der Waals surface area contributed by atoms with Crippen molar-refractivity contribution in [3.63, 3.8) is 0 Å². The number of carbonyl (C=O) groups is 1. The van der Waals surface area contributed by atoms with Gasteiger partial charge in [0.25, 0.3) is 5.91 Å². The summed E-state index contributed by atoms with van der Waals surface area (Å²) in [5.74, 6) is -0.282. The topological polar surface area (TPSA) is 80.2 Å². The van der Waals surface area contributed by atoms with Gasteiger partial charge >= 0.3 is 0 Å². The Kier molecular flexibility index (Phi) is 6.52. The molecular weight excluding hydrogens is 478 g/mol. The fraction of sp³-hybridized carbons (Fsp3) is 0.208. The van der Waals surface area contributed by atoms with Gasteiger partial charge in [0.1, 0.15) is 0 Å². The maximum absolute atomic E-state index is 13.6. The van der Waals surface area contributed by atoms with Crippen molar-refractivity contribution in [1.82, 2.24) is 9.97 Å². The number of hydrogen-bond donors (Lipinski definition) is 0. The standard InChI is InChI=1S/C24H22ClN3O3S2/c1-15(2)33(30,31)20-8-6-18(7-9-20)23(29)28(14-17-5-4-10-26-13-17)24-27-22-16(3)11-19(25)12-21(22)32-24/h4-13,15H,14H2,1-3H3. The predicted molar refractivity (Wildman–Crippen MR) is 133 cm³/mol. The van der Waals surface area contributed by atoms with Gasteiger partial charge in [0.2, 0.25) is 0 Å². The van der Waals surface area contributed by atoms with E-state index in [1.54, 1.807) is 43.3 Å². The molecule has 0 spiro atoms. The van der Waals surface area contributed by atoms with E-state index in [2.05, 4.69) is 4.98 Å². The molecule has 0 fully saturated rings. The number of rotatable bonds is 6. The van der Waals surface area contributed by atoms with Crippen LogP contribution in [0.4, 0.5) is 5.13 Å². The van der Waals surface area contributed by atoms with Gasteiger partial charge in [0, 0.05) is 23.0 Å². The van der Waals surface area contributed by atoms with Gasteiger partial charge in [-0.05, 0) is 74.4 Å². The summed E-state index contributed by atoms with van der Waals surface area (Å²) in [6, 6.07) is 13.4. The minimum Gasteiger partial charge on any atom is -0.279 e. The van der Waals surface area contributed by atoms with Crippen molar-refractivity contribution in [2.45, 2.75) is 37.5 Å². The van der Waals surface area contributed by atoms with Crippen LogP contribution in [-0.2, 0) is 16.4 Å². The molecule has 0 unspecified atom stereocenters. The molecule has 33 heavy (non-hydrogen) atoms. The zero-order valence-corrected chi connectivity index (χ0v) is 20.7. The number of halogens is 1. The minimum atomic E-state index is -3.42. The first-order valence-electron chi connectivity index (χ1n) is 10.3. The minimum absolute atomic E-state index is 0.193. The Hall–Kier alpha value is -2.81. The van der Waals surface area contributed by atoms with Crippen molar-refractivity contribution < 1.29 is 13.2 Å². The quantitative estimate of drug-likeness (QED) is 0.341. The van der Waals surface area contributed by atoms with E-state index in [1.807, 2.05) is 31.2 Å². The van der Waals surface area contributed by atoms with E-state index in [0.717, 1.165) is 21.3 Å². The van der Waals surface area contributed by atoms with E-state index in [0.29, 0.717) is 15.7 Å². The zero-order chi connectivity index (χ0) is 23.8. The number of benzene rings is 2. The highest BCUT2D eigenvalue weighted by Crippen LogP contribution is 2.34. The fourth-order valence-corrected chi connectivity index (χ4v) is 5.85. The second kappa shape index (κ2) is 9.21. The summed E-state index contributed by atoms with van der Waals surface area (Å²) in [5, 5.41) is 0.601. The summed E-state index contributed by atoms with van der Waals surface area (Å²) in [6.45, 7) is 5.46. The number of amides is 1. The Bertz CT molecular complexity index is 1420. The van der Waals surface area contributed by atoms with Gasteiger partial charge < -0.3 is 0 Å². The number of sulfone groups is 1. The molecule has 0 atom stereocenters. The second-order valence-corrected chi connectivity index (χ2v) is 11.9. The Balaban J connectivity index is 1.75. The maximum Gasteiger partial charge on any atom is 0.260 e. The van der Waals surface area contributed by atoms with Crippen LogP contribution >= 0.6 is 22.9 Å². The number of nitrogens with zero attached hydrogens (tertiary/aromatic N) is 3. The molecule has 9 heteroatoms. The number of anilines is 1. The Morgan fingerprint density at radius 1 is 1.15 bits per heavy atom. The van der Waals surface area contributed by atoms with Gasteiger partial charge in [-0.1, -0.05) is 29.0 Å². The molecule has 4 rings (SSSR count). The van der Waals surface area contributed by atoms with Crippen molar-refractivity contribution in [2.75, 3.05) is 4.90 Å². The third kappa shape index (κ3) is 4.78. The highest BCUT2D eigenvalue weighted by Gasteiger charge is 2.24. The van der Waals surface area contributed by atoms with Gasteiger partial charge in [-0.15, -0.1) is 0 Å². The lowest BCUT2D eigenvalue weighted by atomic mass is 10.2. The number of fused-ring (bicyclic) bond motifs is 1. The van der Waals surface area contributed by atoms with Gasteiger partial charge in [0.05, 0.1) is 26.9 Å². The molecule has 0 aliphatic rings. The summed E-state index contributed by atoms with van der Waals surface area (Å²) < 4.78 is 25.8. The first kappa shape index (κ1) is 23.4. The summed E-state index contributed by atoms with van der Waals surface area (Å²) in [5.41, 5.74) is 2.94. The lowest BCUT2D eigenvalue weighted by Crippen LogP contribution is -2.30. The number of aryl methyl sites for hydroxylation is 1. The van der Waals surface area contributed by atoms with Crippen molar-refractivity contribution in [2.24, 2.45) is 0 Å². The van der Waals surface area contributed by atoms with Crippen molar-refractivity contribution in [3.05, 3.63) is 82.6 Å². The average Bonchev–Trinajstić information content (AvgIpc) is 3.22. The van der Waals surface area contributed by atoms with Crippen LogP contribution in [0.3, 0.4) is 0 Å². The first-order chi connectivity index (χ1) is 15.7. The third-order valence-corrected chi connectivity index (χ3v) is 8.64. The molecule has 6 nitrogen and oxygen atoms in total. The number of carbonyl (C=O) groups excluding carboxylic acids is 1. The molecule has 0 saturated heterocycles. The van der Waals surface area contributed by atoms with Crippen LogP contribution in [0.5, 0.6) is 0 Å². The molecule has 2 aromatic heterocycles. The van der Waals surface area contributed by atoms with E-state index in [1.165, 1.54) is 23.5 Å². The van der Waals surface area contributed by atoms with Gasteiger partial charge in [-0.25, -0.2) is 13.4 Å². The van der Waals surface area contributed by atoms with E-state index in [-0.39, 0.29) is 17.3 Å². The van der Waals surface area contributed by atoms with Crippen LogP contribution in [0.2, 0.25) is 5.02 Å². The molecule has 0 saturated carbocycles. The molecule has 4 aromatic rings. The number of pyridine rings is 1. The SMILES string of the molecule is Cc1cc(Cl)cc2sc(N(Cc3cccnc3)C(=O)c3ccc(S(=O)(=O)C(C)C)cc3)nc12. The fourth-order valence-electron chi connectivity index (χ4n) is 3.37. The molecule has 2 heterocycles. The molecule has 0 radical (unpaired) electrons. The molecule has 0 aliphatic carbocycles. The summed E-state index contributed by atoms with van der Waals surface area (Å²) in [7, 11) is -3.42. The summed E-state index contributed by atoms with van der Waals surface area (Å²) in [6.07, 6.45) is 3.38. The monoisotopic (exact) mass is 499 g/mol. The number of thiazole rings is 1. The van der Waals surface area contributed by atoms with Crippen molar-refractivity contribution >= 4 is 54.0 Å². The lowest BCUT2D eigenvalue weighted by Gasteiger charge is -2.20. The van der Waals surface area contributed by atoms with E-state index >= 15 is 0 Å². The first-order valence-corrected chi connectivity index (χ1v) is 13.0. The lowest BCUT2D eigenvalue weighted by molar-refractivity contribution is 0.0985. The smallest absolute Gasteiger partial charge is 0.260 e. The number of aromatic nitrogens is 2. The van der Waals surface area contributed by atoms with E-state index < -0.39 is 15.1 Å². The van der Waals surface area contributed by atoms with Crippen molar-refractivity contribution in [1.29, 1.82) is 0 Å². The van der Waals surface area contributed by atoms with Gasteiger partial charge in [0.15, 0.2) is 15.0 Å². The number of hydrogen-bond acceptors (Lipinski definition) is 6. The Morgan fingerprint density at radius 2 is 1.88 bits per heavy atom. The molecule has 170 valence electrons. The normalized spacial score (nSPS) is 11.8. The van der Waals surface area contributed by atoms with E-state index in [9.17, 15) is 13.2 Å². The van der Waals surface area contributed by atoms with E-state index in [4.69, 9.17) is 16.6 Å². The molecule has 2 aromatic carbocycles. The van der Waals surface area contributed by atoms with Crippen LogP contribution < -0.4 is 4.90 Å². The van der Waals surface area contributed by atoms with Crippen LogP contribution in [0, 0.1) is 6.92 Å². The summed E-state index contributed by atoms with van der Waals surface area (Å²) >= 11 is 7.60. The second-order valence-electron chi connectivity index (χ2n) is 7.94. The molecular formula is C24H22ClN3O3S2. The molecule has 0 aliphatic heterocycles. The summed E-state index contributed by atoms with van der Waals surface area (Å²) in [4.78, 5) is 24.2. The Labute approximate surface area is 201 Å². The van der Waals surface area contributed by atoms with Crippen LogP contribution in [-0.4, -0.2) is 29.5 Å². The van der Waals surface area contributed by atoms with Crippen LogP contribution in [0.25, 0.3) is 10.2 Å². The largest absolute Gasteiger partial charge is 0.279 e. The molecule has 0 bridgehead atoms. The molecule has 1 amide bonds. The van der Waals surface area contributed by atoms with Crippen molar-refractivity contribution in [3.8, 4) is 0 Å². The third-order valence-electron chi connectivity index (χ3n) is 5.23. The highest BCUT2D eigenvalue weighted by molar-refractivity contribution is 7.92. The predicted octanol–water partition coefficient (Wildman–Crippen LogP) is 5.68. The van der Waals surface area contributed by atoms with Gasteiger partial charge in [-0.3, -0.25) is 14.7 Å². The van der Waals surface area contributed by atoms with Crippen LogP contribution in [0.15, 0.2) is 65.8 Å². The maximum atomic E-state index is 13.6. The molecule has 0 N–H and O–H groups in total. The Morgan fingerprint density at radius 3 is 2.52 bits per heavy atom. The zero-order valence-electron chi connectivity index (χ0n) is 18.3. The van der Waals surface area contributed by atoms with Crippen LogP contribution in [0.1, 0.15) is 35.3 Å². The van der Waals surface area contributed by atoms with Gasteiger partial charge in [-0.2, -0.15) is 0 Å².